The third-order valence-electron chi connectivity index (χ3n) is 5.20. The van der Waals surface area contributed by atoms with Gasteiger partial charge in [0.15, 0.2) is 0 Å². The van der Waals surface area contributed by atoms with Crippen LogP contribution in [0.15, 0.2) is 18.6 Å². The molecule has 24 heavy (non-hydrogen) atoms. The summed E-state index contributed by atoms with van der Waals surface area (Å²) in [6, 6.07) is 2.55. The minimum Gasteiger partial charge on any atom is -0.367 e. The van der Waals surface area contributed by atoms with Gasteiger partial charge in [0, 0.05) is 25.3 Å². The second kappa shape index (κ2) is 6.01. The van der Waals surface area contributed by atoms with E-state index in [0.29, 0.717) is 6.04 Å². The molecule has 2 aliphatic rings. The van der Waals surface area contributed by atoms with Crippen LogP contribution in [-0.4, -0.2) is 51.3 Å². The standard InChI is InChI=1S/C18H27N5O/c1-18(2,3)24-11-23-8-12-6-14(7-13(12)9-23)22-17-15-4-5-19-16(15)20-10-21-17/h4-5,10,12-14H,6-9,11H2,1-3H3,(H2,19,20,21,22)/t12-,13+,14+. The molecule has 0 radical (unpaired) electrons. The molecule has 0 aromatic carbocycles. The molecule has 2 aromatic heterocycles. The van der Waals surface area contributed by atoms with Gasteiger partial charge in [-0.05, 0) is 51.5 Å². The summed E-state index contributed by atoms with van der Waals surface area (Å²) in [5.41, 5.74) is 0.840. The minimum absolute atomic E-state index is 0.0588. The van der Waals surface area contributed by atoms with Crippen molar-refractivity contribution >= 4 is 16.9 Å². The molecule has 2 aromatic rings. The number of anilines is 1. The molecule has 3 heterocycles. The van der Waals surface area contributed by atoms with E-state index < -0.39 is 0 Å². The van der Waals surface area contributed by atoms with Crippen LogP contribution < -0.4 is 5.32 Å². The molecule has 0 amide bonds. The van der Waals surface area contributed by atoms with E-state index in [9.17, 15) is 0 Å². The molecular weight excluding hydrogens is 302 g/mol. The number of rotatable bonds is 4. The Labute approximate surface area is 143 Å². The van der Waals surface area contributed by atoms with Gasteiger partial charge in [-0.2, -0.15) is 0 Å². The van der Waals surface area contributed by atoms with Crippen molar-refractivity contribution < 1.29 is 4.74 Å². The highest BCUT2D eigenvalue weighted by Crippen LogP contribution is 2.39. The Morgan fingerprint density at radius 2 is 2.00 bits per heavy atom. The van der Waals surface area contributed by atoms with Crippen molar-refractivity contribution in [1.29, 1.82) is 0 Å². The fourth-order valence-electron chi connectivity index (χ4n) is 4.09. The SMILES string of the molecule is CC(C)(C)OCN1C[C@H]2C[C@H](Nc3ncnc4[nH]ccc34)C[C@H]2C1. The Kier molecular flexibility index (Phi) is 3.96. The first-order valence-corrected chi connectivity index (χ1v) is 8.89. The zero-order chi connectivity index (χ0) is 16.7. The number of fused-ring (bicyclic) bond motifs is 2. The first-order chi connectivity index (χ1) is 11.5. The summed E-state index contributed by atoms with van der Waals surface area (Å²) in [7, 11) is 0. The normalized spacial score (nSPS) is 27.7. The highest BCUT2D eigenvalue weighted by Gasteiger charge is 2.41. The lowest BCUT2D eigenvalue weighted by atomic mass is 10.0. The smallest absolute Gasteiger partial charge is 0.142 e. The molecular formula is C18H27N5O. The summed E-state index contributed by atoms with van der Waals surface area (Å²) in [6.45, 7) is 9.42. The van der Waals surface area contributed by atoms with Gasteiger partial charge in [-0.25, -0.2) is 9.97 Å². The van der Waals surface area contributed by atoms with E-state index in [4.69, 9.17) is 4.74 Å². The average molecular weight is 329 g/mol. The third-order valence-corrected chi connectivity index (χ3v) is 5.20. The van der Waals surface area contributed by atoms with E-state index in [1.165, 1.54) is 12.8 Å². The molecule has 0 bridgehead atoms. The lowest BCUT2D eigenvalue weighted by Crippen LogP contribution is -2.32. The molecule has 4 rings (SSSR count). The molecule has 1 saturated carbocycles. The maximum Gasteiger partial charge on any atom is 0.142 e. The van der Waals surface area contributed by atoms with Crippen LogP contribution in [0.1, 0.15) is 33.6 Å². The van der Waals surface area contributed by atoms with Gasteiger partial charge in [-0.3, -0.25) is 4.90 Å². The first-order valence-electron chi connectivity index (χ1n) is 8.89. The van der Waals surface area contributed by atoms with Crippen LogP contribution in [0.5, 0.6) is 0 Å². The molecule has 0 spiro atoms. The van der Waals surface area contributed by atoms with Gasteiger partial charge in [-0.1, -0.05) is 0 Å². The van der Waals surface area contributed by atoms with Crippen molar-refractivity contribution in [2.45, 2.75) is 45.3 Å². The highest BCUT2D eigenvalue weighted by molar-refractivity contribution is 5.86. The number of ether oxygens (including phenoxy) is 1. The molecule has 0 unspecified atom stereocenters. The topological polar surface area (TPSA) is 66.1 Å². The second-order valence-electron chi connectivity index (χ2n) is 8.22. The Balaban J connectivity index is 1.34. The van der Waals surface area contributed by atoms with Gasteiger partial charge in [0.25, 0.3) is 0 Å². The van der Waals surface area contributed by atoms with Gasteiger partial charge in [0.2, 0.25) is 0 Å². The second-order valence-corrected chi connectivity index (χ2v) is 8.22. The number of H-pyrrole nitrogens is 1. The van der Waals surface area contributed by atoms with Crippen LogP contribution in [0.25, 0.3) is 11.0 Å². The van der Waals surface area contributed by atoms with Gasteiger partial charge in [0.1, 0.15) is 17.8 Å². The van der Waals surface area contributed by atoms with E-state index in [-0.39, 0.29) is 5.60 Å². The summed E-state index contributed by atoms with van der Waals surface area (Å²) < 4.78 is 5.93. The van der Waals surface area contributed by atoms with Gasteiger partial charge in [-0.15, -0.1) is 0 Å². The Morgan fingerprint density at radius 3 is 2.71 bits per heavy atom. The van der Waals surface area contributed by atoms with Crippen LogP contribution in [0.3, 0.4) is 0 Å². The average Bonchev–Trinajstić information content (AvgIpc) is 3.18. The first kappa shape index (κ1) is 15.8. The molecule has 2 N–H and O–H groups in total. The lowest BCUT2D eigenvalue weighted by molar-refractivity contribution is -0.0587. The summed E-state index contributed by atoms with van der Waals surface area (Å²) >= 11 is 0. The number of nitrogens with zero attached hydrogens (tertiary/aromatic N) is 3. The molecule has 1 aliphatic carbocycles. The van der Waals surface area contributed by atoms with Crippen molar-refractivity contribution in [2.75, 3.05) is 25.1 Å². The summed E-state index contributed by atoms with van der Waals surface area (Å²) in [4.78, 5) is 14.3. The number of aromatic amines is 1. The molecule has 2 fully saturated rings. The number of aromatic nitrogens is 3. The van der Waals surface area contributed by atoms with Gasteiger partial charge in [0.05, 0.1) is 17.7 Å². The van der Waals surface area contributed by atoms with Crippen LogP contribution in [0, 0.1) is 11.8 Å². The maximum absolute atomic E-state index is 5.93. The van der Waals surface area contributed by atoms with Crippen molar-refractivity contribution in [2.24, 2.45) is 11.8 Å². The summed E-state index contributed by atoms with van der Waals surface area (Å²) in [6.07, 6.45) is 5.97. The molecule has 3 atom stereocenters. The van der Waals surface area contributed by atoms with E-state index in [1.54, 1.807) is 6.33 Å². The minimum atomic E-state index is -0.0588. The molecule has 6 nitrogen and oxygen atoms in total. The molecule has 1 saturated heterocycles. The van der Waals surface area contributed by atoms with Crippen molar-refractivity contribution in [3.05, 3.63) is 18.6 Å². The molecule has 6 heteroatoms. The third kappa shape index (κ3) is 3.26. The van der Waals surface area contributed by atoms with Crippen molar-refractivity contribution in [3.8, 4) is 0 Å². The van der Waals surface area contributed by atoms with Gasteiger partial charge < -0.3 is 15.0 Å². The number of hydrogen-bond acceptors (Lipinski definition) is 5. The Morgan fingerprint density at radius 1 is 1.25 bits per heavy atom. The predicted molar refractivity (Wildman–Crippen MR) is 94.8 cm³/mol. The fraction of sp³-hybridized carbons (Fsp3) is 0.667. The van der Waals surface area contributed by atoms with E-state index in [1.807, 2.05) is 12.3 Å². The predicted octanol–water partition coefficient (Wildman–Crippen LogP) is 2.85. The largest absolute Gasteiger partial charge is 0.367 e. The monoisotopic (exact) mass is 329 g/mol. The van der Waals surface area contributed by atoms with Gasteiger partial charge >= 0.3 is 0 Å². The van der Waals surface area contributed by atoms with Crippen LogP contribution in [0.4, 0.5) is 5.82 Å². The fourth-order valence-corrected chi connectivity index (χ4v) is 4.09. The molecule has 1 aliphatic heterocycles. The quantitative estimate of drug-likeness (QED) is 0.903. The van der Waals surface area contributed by atoms with Crippen molar-refractivity contribution in [3.63, 3.8) is 0 Å². The van der Waals surface area contributed by atoms with Crippen LogP contribution >= 0.6 is 0 Å². The number of nitrogens with one attached hydrogen (secondary N) is 2. The Bertz CT molecular complexity index is 693. The maximum atomic E-state index is 5.93. The van der Waals surface area contributed by atoms with Crippen LogP contribution in [-0.2, 0) is 4.74 Å². The summed E-state index contributed by atoms with van der Waals surface area (Å²) in [5, 5.41) is 4.73. The number of likely N-dealkylation sites (tertiary alicyclic amines) is 1. The van der Waals surface area contributed by atoms with Crippen LogP contribution in [0.2, 0.25) is 0 Å². The highest BCUT2D eigenvalue weighted by atomic mass is 16.5. The lowest BCUT2D eigenvalue weighted by Gasteiger charge is -2.25. The molecule has 130 valence electrons. The van der Waals surface area contributed by atoms with E-state index in [0.717, 1.165) is 48.5 Å². The van der Waals surface area contributed by atoms with Crippen molar-refractivity contribution in [1.82, 2.24) is 19.9 Å². The Hall–Kier alpha value is -1.66. The number of hydrogen-bond donors (Lipinski definition) is 2. The van der Waals surface area contributed by atoms with E-state index in [2.05, 4.69) is 45.9 Å². The zero-order valence-corrected chi connectivity index (χ0v) is 14.7. The summed E-state index contributed by atoms with van der Waals surface area (Å²) in [5.74, 6) is 2.50. The van der Waals surface area contributed by atoms with E-state index >= 15 is 0 Å². The zero-order valence-electron chi connectivity index (χ0n) is 14.7.